The molecule has 2 aromatic rings. The van der Waals surface area contributed by atoms with E-state index in [1.54, 1.807) is 14.2 Å². The summed E-state index contributed by atoms with van der Waals surface area (Å²) in [5, 5.41) is 3.55. The maximum Gasteiger partial charge on any atom is 0.254 e. The van der Waals surface area contributed by atoms with Crippen LogP contribution in [0.5, 0.6) is 11.5 Å². The summed E-state index contributed by atoms with van der Waals surface area (Å²) in [7, 11) is 3.28. The zero-order chi connectivity index (χ0) is 29.4. The summed E-state index contributed by atoms with van der Waals surface area (Å²) in [5.41, 5.74) is 2.54. The van der Waals surface area contributed by atoms with E-state index < -0.39 is 0 Å². The van der Waals surface area contributed by atoms with Crippen LogP contribution in [0.2, 0.25) is 0 Å². The van der Waals surface area contributed by atoms with Gasteiger partial charge in [0.1, 0.15) is 0 Å². The Labute approximate surface area is 245 Å². The van der Waals surface area contributed by atoms with Crippen molar-refractivity contribution >= 4 is 11.8 Å². The first-order valence-corrected chi connectivity index (χ1v) is 15.0. The van der Waals surface area contributed by atoms with Crippen molar-refractivity contribution in [2.45, 2.75) is 58.5 Å². The maximum atomic E-state index is 14.0. The van der Waals surface area contributed by atoms with Crippen LogP contribution in [0.1, 0.15) is 54.6 Å². The number of hydrogen-bond acceptors (Lipinski definition) is 6. The second-order valence-electron chi connectivity index (χ2n) is 11.7. The molecule has 1 heterocycles. The average Bonchev–Trinajstić information content (AvgIpc) is 3.71. The molecule has 1 saturated heterocycles. The number of nitrogens with zero attached hydrogens (tertiary/aromatic N) is 2. The summed E-state index contributed by atoms with van der Waals surface area (Å²) >= 11 is 0. The smallest absolute Gasteiger partial charge is 0.254 e. The highest BCUT2D eigenvalue weighted by Crippen LogP contribution is 2.33. The van der Waals surface area contributed by atoms with Gasteiger partial charge in [-0.15, -0.1) is 0 Å². The highest BCUT2D eigenvalue weighted by molar-refractivity contribution is 5.96. The van der Waals surface area contributed by atoms with Crippen molar-refractivity contribution in [3.63, 3.8) is 0 Å². The molecule has 0 spiro atoms. The first-order valence-electron chi connectivity index (χ1n) is 15.0. The Balaban J connectivity index is 1.46. The van der Waals surface area contributed by atoms with Crippen molar-refractivity contribution in [3.8, 4) is 11.5 Å². The van der Waals surface area contributed by atoms with Gasteiger partial charge in [0.25, 0.3) is 5.91 Å². The molecule has 1 aliphatic carbocycles. The molecule has 2 fully saturated rings. The quantitative estimate of drug-likeness (QED) is 0.324. The van der Waals surface area contributed by atoms with Crippen LogP contribution in [0.3, 0.4) is 0 Å². The SMILES string of the molecule is COCCCOc1cc(C(=O)N(C[C@@H]2CNC[C@H]2CN(C(=O)Cc2ccccc2)C2CC2)C(C)C)c(C)cc1OC. The van der Waals surface area contributed by atoms with Crippen LogP contribution >= 0.6 is 0 Å². The molecular formula is C33H47N3O5. The van der Waals surface area contributed by atoms with Crippen molar-refractivity contribution in [1.29, 1.82) is 0 Å². The van der Waals surface area contributed by atoms with Crippen molar-refractivity contribution in [2.75, 3.05) is 53.6 Å². The largest absolute Gasteiger partial charge is 0.493 e. The number of amides is 2. The van der Waals surface area contributed by atoms with Crippen molar-refractivity contribution in [3.05, 3.63) is 59.2 Å². The summed E-state index contributed by atoms with van der Waals surface area (Å²) < 4.78 is 16.7. The molecule has 0 aromatic heterocycles. The van der Waals surface area contributed by atoms with E-state index in [1.165, 1.54) is 0 Å². The monoisotopic (exact) mass is 565 g/mol. The molecule has 0 radical (unpaired) electrons. The van der Waals surface area contributed by atoms with E-state index in [0.29, 0.717) is 55.2 Å². The molecule has 2 amide bonds. The second-order valence-corrected chi connectivity index (χ2v) is 11.7. The Kier molecular flexibility index (Phi) is 11.1. The van der Waals surface area contributed by atoms with Crippen LogP contribution in [0, 0.1) is 18.8 Å². The van der Waals surface area contributed by atoms with E-state index in [9.17, 15) is 9.59 Å². The minimum Gasteiger partial charge on any atom is -0.493 e. The first kappa shape index (κ1) is 30.8. The molecular weight excluding hydrogens is 518 g/mol. The predicted molar refractivity (Wildman–Crippen MR) is 161 cm³/mol. The minimum atomic E-state index is -0.00764. The molecule has 41 heavy (non-hydrogen) atoms. The van der Waals surface area contributed by atoms with E-state index in [4.69, 9.17) is 14.2 Å². The topological polar surface area (TPSA) is 80.3 Å². The lowest BCUT2D eigenvalue weighted by molar-refractivity contribution is -0.131. The van der Waals surface area contributed by atoms with E-state index in [2.05, 4.69) is 24.1 Å². The fraction of sp³-hybridized carbons (Fsp3) is 0.576. The number of carbonyl (C=O) groups is 2. The van der Waals surface area contributed by atoms with Gasteiger partial charge in [0.15, 0.2) is 11.5 Å². The average molecular weight is 566 g/mol. The number of ether oxygens (including phenoxy) is 3. The fourth-order valence-electron chi connectivity index (χ4n) is 5.67. The summed E-state index contributed by atoms with van der Waals surface area (Å²) in [6.07, 6.45) is 3.34. The van der Waals surface area contributed by atoms with Crippen LogP contribution in [-0.2, 0) is 16.0 Å². The third-order valence-electron chi connectivity index (χ3n) is 8.22. The molecule has 2 aliphatic rings. The standard InChI is InChI=1S/C33H47N3O5/c1-23(2)35(33(38)29-18-31(41-15-9-14-39-4)30(40-5)16-24(29)3)21-26-19-34-20-27(26)22-36(28-12-13-28)32(37)17-25-10-7-6-8-11-25/h6-8,10-11,16,18,23,26-28,34H,9,12-15,17,19-22H2,1-5H3/t26-,27-/m0/s1. The lowest BCUT2D eigenvalue weighted by atomic mass is 9.93. The molecule has 1 saturated carbocycles. The van der Waals surface area contributed by atoms with Gasteiger partial charge < -0.3 is 29.3 Å². The first-order chi connectivity index (χ1) is 19.8. The molecule has 1 N–H and O–H groups in total. The minimum absolute atomic E-state index is 0.00764. The number of carbonyl (C=O) groups excluding carboxylic acids is 2. The zero-order valence-corrected chi connectivity index (χ0v) is 25.4. The summed E-state index contributed by atoms with van der Waals surface area (Å²) in [5.74, 6) is 1.93. The van der Waals surface area contributed by atoms with Gasteiger partial charge in [0.2, 0.25) is 5.91 Å². The number of methoxy groups -OCH3 is 2. The zero-order valence-electron chi connectivity index (χ0n) is 25.4. The number of nitrogens with one attached hydrogen (secondary N) is 1. The molecule has 8 heteroatoms. The van der Waals surface area contributed by atoms with Gasteiger partial charge in [-0.25, -0.2) is 0 Å². The lowest BCUT2D eigenvalue weighted by Gasteiger charge is -2.34. The Hall–Kier alpha value is -3.10. The third kappa shape index (κ3) is 8.23. The number of rotatable bonds is 15. The Morgan fingerprint density at radius 1 is 0.976 bits per heavy atom. The molecule has 0 unspecified atom stereocenters. The number of benzene rings is 2. The van der Waals surface area contributed by atoms with Crippen molar-refractivity contribution in [1.82, 2.24) is 15.1 Å². The van der Waals surface area contributed by atoms with Crippen LogP contribution < -0.4 is 14.8 Å². The van der Waals surface area contributed by atoms with E-state index >= 15 is 0 Å². The molecule has 8 nitrogen and oxygen atoms in total. The number of hydrogen-bond donors (Lipinski definition) is 1. The fourth-order valence-corrected chi connectivity index (χ4v) is 5.67. The summed E-state index contributed by atoms with van der Waals surface area (Å²) in [6.45, 7) is 10.2. The molecule has 4 rings (SSSR count). The molecule has 224 valence electrons. The highest BCUT2D eigenvalue weighted by atomic mass is 16.5. The van der Waals surface area contributed by atoms with E-state index in [0.717, 1.165) is 50.0 Å². The van der Waals surface area contributed by atoms with E-state index in [1.807, 2.05) is 54.3 Å². The summed E-state index contributed by atoms with van der Waals surface area (Å²) in [6, 6.07) is 14.1. The highest BCUT2D eigenvalue weighted by Gasteiger charge is 2.38. The molecule has 2 atom stereocenters. The van der Waals surface area contributed by atoms with Crippen molar-refractivity contribution < 1.29 is 23.8 Å². The van der Waals surface area contributed by atoms with Crippen LogP contribution in [0.4, 0.5) is 0 Å². The molecule has 1 aliphatic heterocycles. The van der Waals surface area contributed by atoms with Gasteiger partial charge in [-0.1, -0.05) is 30.3 Å². The lowest BCUT2D eigenvalue weighted by Crippen LogP contribution is -2.45. The van der Waals surface area contributed by atoms with Gasteiger partial charge in [-0.2, -0.15) is 0 Å². The normalized spacial score (nSPS) is 18.4. The Morgan fingerprint density at radius 2 is 1.68 bits per heavy atom. The van der Waals surface area contributed by atoms with Gasteiger partial charge in [-0.3, -0.25) is 9.59 Å². The van der Waals surface area contributed by atoms with Gasteiger partial charge in [-0.05, 0) is 68.7 Å². The summed E-state index contributed by atoms with van der Waals surface area (Å²) in [4.78, 5) is 31.4. The third-order valence-corrected chi connectivity index (χ3v) is 8.22. The van der Waals surface area contributed by atoms with E-state index in [-0.39, 0.29) is 23.8 Å². The maximum absolute atomic E-state index is 14.0. The van der Waals surface area contributed by atoms with Gasteiger partial charge in [0, 0.05) is 64.0 Å². The predicted octanol–water partition coefficient (Wildman–Crippen LogP) is 4.34. The molecule has 0 bridgehead atoms. The second kappa shape index (κ2) is 14.7. The van der Waals surface area contributed by atoms with Crippen LogP contribution in [0.15, 0.2) is 42.5 Å². The van der Waals surface area contributed by atoms with Gasteiger partial charge in [0.05, 0.1) is 20.1 Å². The Bertz CT molecular complexity index is 1150. The van der Waals surface area contributed by atoms with Crippen molar-refractivity contribution in [2.24, 2.45) is 11.8 Å². The van der Waals surface area contributed by atoms with Crippen LogP contribution in [0.25, 0.3) is 0 Å². The van der Waals surface area contributed by atoms with Gasteiger partial charge >= 0.3 is 0 Å². The Morgan fingerprint density at radius 3 is 2.32 bits per heavy atom. The molecule has 2 aromatic carbocycles. The van der Waals surface area contributed by atoms with Crippen LogP contribution in [-0.4, -0.2) is 87.3 Å². The number of aryl methyl sites for hydroxylation is 1.